The molecule has 1 rings (SSSR count). The Morgan fingerprint density at radius 3 is 2.88 bits per heavy atom. The lowest BCUT2D eigenvalue weighted by Gasteiger charge is -2.05. The molecule has 0 saturated heterocycles. The van der Waals surface area contributed by atoms with E-state index in [1.807, 2.05) is 6.92 Å². The summed E-state index contributed by atoms with van der Waals surface area (Å²) in [5.41, 5.74) is 4.27. The highest BCUT2D eigenvalue weighted by Crippen LogP contribution is 2.05. The molecule has 94 valence electrons. The average molecular weight is 236 g/mol. The van der Waals surface area contributed by atoms with E-state index in [1.54, 1.807) is 6.92 Å². The molecule has 17 heavy (non-hydrogen) atoms. The fourth-order valence-corrected chi connectivity index (χ4v) is 1.33. The van der Waals surface area contributed by atoms with Crippen molar-refractivity contribution in [2.24, 2.45) is 11.0 Å². The SMILES string of the molecule is CC(CCC(C)C)=NNc1nc(C)cc(=O)[nH]1. The molecule has 0 radical (unpaired) electrons. The van der Waals surface area contributed by atoms with Gasteiger partial charge < -0.3 is 0 Å². The quantitative estimate of drug-likeness (QED) is 0.608. The standard InChI is InChI=1S/C12H20N4O/c1-8(2)5-6-9(3)15-16-12-13-10(4)7-11(17)14-12/h7-8H,5-6H2,1-4H3,(H2,13,14,16,17). The van der Waals surface area contributed by atoms with Crippen LogP contribution in [0.2, 0.25) is 0 Å². The van der Waals surface area contributed by atoms with E-state index in [4.69, 9.17) is 0 Å². The van der Waals surface area contributed by atoms with Crippen molar-refractivity contribution < 1.29 is 0 Å². The Kier molecular flexibility index (Phi) is 4.87. The van der Waals surface area contributed by atoms with Crippen molar-refractivity contribution in [1.29, 1.82) is 0 Å². The van der Waals surface area contributed by atoms with Gasteiger partial charge in [-0.15, -0.1) is 0 Å². The number of aromatic amines is 1. The van der Waals surface area contributed by atoms with Crippen molar-refractivity contribution in [2.75, 3.05) is 5.43 Å². The van der Waals surface area contributed by atoms with Crippen LogP contribution in [0.3, 0.4) is 0 Å². The first-order valence-corrected chi connectivity index (χ1v) is 5.84. The third kappa shape index (κ3) is 5.29. The van der Waals surface area contributed by atoms with Crippen molar-refractivity contribution in [3.05, 3.63) is 22.1 Å². The zero-order valence-electron chi connectivity index (χ0n) is 10.9. The third-order valence-electron chi connectivity index (χ3n) is 2.31. The summed E-state index contributed by atoms with van der Waals surface area (Å²) >= 11 is 0. The summed E-state index contributed by atoms with van der Waals surface area (Å²) < 4.78 is 0. The lowest BCUT2D eigenvalue weighted by atomic mass is 10.1. The van der Waals surface area contributed by atoms with Crippen LogP contribution in [-0.2, 0) is 0 Å². The zero-order valence-corrected chi connectivity index (χ0v) is 10.9. The Labute approximate surface area is 101 Å². The molecule has 0 unspecified atom stereocenters. The molecule has 2 N–H and O–H groups in total. The van der Waals surface area contributed by atoms with Gasteiger partial charge in [0.25, 0.3) is 5.56 Å². The summed E-state index contributed by atoms with van der Waals surface area (Å²) in [6, 6.07) is 1.44. The molecule has 0 saturated carbocycles. The molecular weight excluding hydrogens is 216 g/mol. The lowest BCUT2D eigenvalue weighted by Crippen LogP contribution is -2.11. The van der Waals surface area contributed by atoms with Crippen LogP contribution in [-0.4, -0.2) is 15.7 Å². The van der Waals surface area contributed by atoms with E-state index in [0.717, 1.165) is 18.6 Å². The largest absolute Gasteiger partial charge is 0.291 e. The minimum atomic E-state index is -0.171. The number of anilines is 1. The molecule has 0 atom stereocenters. The average Bonchev–Trinajstić information content (AvgIpc) is 2.22. The molecule has 1 aromatic rings. The predicted molar refractivity (Wildman–Crippen MR) is 70.4 cm³/mol. The van der Waals surface area contributed by atoms with Crippen LogP contribution in [0, 0.1) is 12.8 Å². The summed E-state index contributed by atoms with van der Waals surface area (Å²) in [6.45, 7) is 8.10. The predicted octanol–water partition coefficient (Wildman–Crippen LogP) is 2.30. The van der Waals surface area contributed by atoms with E-state index in [-0.39, 0.29) is 5.56 Å². The van der Waals surface area contributed by atoms with E-state index < -0.39 is 0 Å². The Hall–Kier alpha value is -1.65. The molecule has 5 nitrogen and oxygen atoms in total. The third-order valence-corrected chi connectivity index (χ3v) is 2.31. The van der Waals surface area contributed by atoms with Crippen LogP contribution in [0.1, 0.15) is 39.3 Å². The lowest BCUT2D eigenvalue weighted by molar-refractivity contribution is 0.602. The first-order chi connectivity index (χ1) is 7.97. The number of H-pyrrole nitrogens is 1. The smallest absolute Gasteiger partial charge is 0.252 e. The van der Waals surface area contributed by atoms with Crippen LogP contribution >= 0.6 is 0 Å². The second kappa shape index (κ2) is 6.18. The highest BCUT2D eigenvalue weighted by molar-refractivity contribution is 5.82. The van der Waals surface area contributed by atoms with E-state index in [1.165, 1.54) is 6.07 Å². The monoisotopic (exact) mass is 236 g/mol. The number of nitrogens with one attached hydrogen (secondary N) is 2. The molecule has 5 heteroatoms. The fourth-order valence-electron chi connectivity index (χ4n) is 1.33. The molecule has 0 amide bonds. The summed E-state index contributed by atoms with van der Waals surface area (Å²) in [5, 5.41) is 4.18. The van der Waals surface area contributed by atoms with Gasteiger partial charge in [-0.3, -0.25) is 9.78 Å². The van der Waals surface area contributed by atoms with Crippen LogP contribution in [0.15, 0.2) is 16.0 Å². The van der Waals surface area contributed by atoms with Crippen LogP contribution in [0.4, 0.5) is 5.95 Å². The highest BCUT2D eigenvalue weighted by Gasteiger charge is 1.98. The van der Waals surface area contributed by atoms with Crippen molar-refractivity contribution >= 4 is 11.7 Å². The number of nitrogens with zero attached hydrogens (tertiary/aromatic N) is 2. The first-order valence-electron chi connectivity index (χ1n) is 5.84. The number of aryl methyl sites for hydroxylation is 1. The zero-order chi connectivity index (χ0) is 12.8. The molecule has 1 heterocycles. The van der Waals surface area contributed by atoms with Gasteiger partial charge in [-0.25, -0.2) is 10.4 Å². The second-order valence-electron chi connectivity index (χ2n) is 4.63. The first kappa shape index (κ1) is 13.4. The van der Waals surface area contributed by atoms with Gasteiger partial charge >= 0.3 is 0 Å². The Morgan fingerprint density at radius 2 is 2.29 bits per heavy atom. The van der Waals surface area contributed by atoms with Gasteiger partial charge in [0.2, 0.25) is 5.95 Å². The molecule has 0 bridgehead atoms. The van der Waals surface area contributed by atoms with E-state index >= 15 is 0 Å². The summed E-state index contributed by atoms with van der Waals surface area (Å²) in [6.07, 6.45) is 2.05. The van der Waals surface area contributed by atoms with Crippen molar-refractivity contribution in [3.63, 3.8) is 0 Å². The minimum Gasteiger partial charge on any atom is -0.291 e. The summed E-state index contributed by atoms with van der Waals surface area (Å²) in [4.78, 5) is 17.9. The number of hydrogen-bond donors (Lipinski definition) is 2. The Bertz CT molecular complexity index is 448. The molecule has 0 aromatic carbocycles. The number of hydrazone groups is 1. The maximum absolute atomic E-state index is 11.2. The second-order valence-corrected chi connectivity index (χ2v) is 4.63. The Morgan fingerprint density at radius 1 is 1.59 bits per heavy atom. The van der Waals surface area contributed by atoms with Gasteiger partial charge in [0, 0.05) is 17.5 Å². The van der Waals surface area contributed by atoms with Crippen LogP contribution in [0.5, 0.6) is 0 Å². The fraction of sp³-hybridized carbons (Fsp3) is 0.583. The van der Waals surface area contributed by atoms with Crippen molar-refractivity contribution in [1.82, 2.24) is 9.97 Å². The minimum absolute atomic E-state index is 0.171. The van der Waals surface area contributed by atoms with Crippen LogP contribution < -0.4 is 11.0 Å². The van der Waals surface area contributed by atoms with Gasteiger partial charge in [-0.1, -0.05) is 13.8 Å². The molecular formula is C12H20N4O. The van der Waals surface area contributed by atoms with Gasteiger partial charge in [-0.2, -0.15) is 5.10 Å². The maximum atomic E-state index is 11.2. The van der Waals surface area contributed by atoms with Crippen molar-refractivity contribution in [2.45, 2.75) is 40.5 Å². The van der Waals surface area contributed by atoms with Gasteiger partial charge in [0.15, 0.2) is 0 Å². The topological polar surface area (TPSA) is 70.1 Å². The van der Waals surface area contributed by atoms with Gasteiger partial charge in [0.1, 0.15) is 0 Å². The molecule has 0 aliphatic rings. The number of aromatic nitrogens is 2. The highest BCUT2D eigenvalue weighted by atomic mass is 16.1. The van der Waals surface area contributed by atoms with E-state index in [2.05, 4.69) is 34.3 Å². The van der Waals surface area contributed by atoms with E-state index in [9.17, 15) is 4.79 Å². The van der Waals surface area contributed by atoms with Gasteiger partial charge in [-0.05, 0) is 32.6 Å². The number of rotatable bonds is 5. The van der Waals surface area contributed by atoms with Crippen molar-refractivity contribution in [3.8, 4) is 0 Å². The summed E-state index contributed by atoms with van der Waals surface area (Å²) in [5.74, 6) is 1.05. The molecule has 0 fully saturated rings. The molecule has 1 aromatic heterocycles. The number of hydrogen-bond acceptors (Lipinski definition) is 4. The summed E-state index contributed by atoms with van der Waals surface area (Å²) in [7, 11) is 0. The Balaban J connectivity index is 2.59. The van der Waals surface area contributed by atoms with E-state index in [0.29, 0.717) is 17.6 Å². The normalized spacial score (nSPS) is 11.9. The molecule has 0 spiro atoms. The molecule has 0 aliphatic carbocycles. The van der Waals surface area contributed by atoms with Crippen LogP contribution in [0.25, 0.3) is 0 Å². The van der Waals surface area contributed by atoms with Gasteiger partial charge in [0.05, 0.1) is 0 Å². The maximum Gasteiger partial charge on any atom is 0.252 e. The molecule has 0 aliphatic heterocycles.